The van der Waals surface area contributed by atoms with E-state index in [1.807, 2.05) is 11.5 Å². The Morgan fingerprint density at radius 3 is 3.00 bits per heavy atom. The van der Waals surface area contributed by atoms with Crippen LogP contribution in [0.3, 0.4) is 0 Å². The van der Waals surface area contributed by atoms with Crippen LogP contribution in [0.5, 0.6) is 0 Å². The summed E-state index contributed by atoms with van der Waals surface area (Å²) >= 11 is 6.21. The van der Waals surface area contributed by atoms with Crippen molar-refractivity contribution in [3.63, 3.8) is 0 Å². The first-order chi connectivity index (χ1) is 7.69. The molecule has 1 aromatic heterocycles. The van der Waals surface area contributed by atoms with Crippen LogP contribution in [-0.4, -0.2) is 22.1 Å². The largest absolute Gasteiger partial charge is 0.466 e. The molecular weight excluding hydrogens is 228 g/mol. The van der Waals surface area contributed by atoms with Crippen LogP contribution in [-0.2, 0) is 16.1 Å². The number of ether oxygens (including phenoxy) is 1. The van der Waals surface area contributed by atoms with Crippen molar-refractivity contribution in [2.24, 2.45) is 0 Å². The van der Waals surface area contributed by atoms with E-state index in [1.54, 1.807) is 19.4 Å². The van der Waals surface area contributed by atoms with E-state index in [9.17, 15) is 4.79 Å². The molecule has 0 aliphatic heterocycles. The predicted molar refractivity (Wildman–Crippen MR) is 62.4 cm³/mol. The minimum Gasteiger partial charge on any atom is -0.466 e. The summed E-state index contributed by atoms with van der Waals surface area (Å²) in [6.07, 6.45) is 4.41. The van der Waals surface area contributed by atoms with Crippen LogP contribution in [0.2, 0.25) is 0 Å². The second kappa shape index (κ2) is 6.53. The summed E-state index contributed by atoms with van der Waals surface area (Å²) in [5.74, 6) is -0.198. The molecule has 0 radical (unpaired) electrons. The topological polar surface area (TPSA) is 44.1 Å². The number of aromatic nitrogens is 2. The van der Waals surface area contributed by atoms with Gasteiger partial charge < -0.3 is 9.30 Å². The Hall–Kier alpha value is -1.03. The summed E-state index contributed by atoms with van der Waals surface area (Å²) in [4.78, 5) is 15.2. The van der Waals surface area contributed by atoms with Crippen molar-refractivity contribution < 1.29 is 9.53 Å². The van der Waals surface area contributed by atoms with Crippen LogP contribution in [0.1, 0.15) is 37.8 Å². The Balaban J connectivity index is 2.46. The summed E-state index contributed by atoms with van der Waals surface area (Å²) in [5.41, 5.74) is 0.952. The maximum Gasteiger partial charge on any atom is 0.305 e. The maximum atomic E-state index is 11.2. The molecule has 0 saturated carbocycles. The fourth-order valence-corrected chi connectivity index (χ4v) is 1.77. The molecule has 0 N–H and O–H groups in total. The number of alkyl halides is 1. The van der Waals surface area contributed by atoms with Crippen molar-refractivity contribution >= 4 is 17.6 Å². The molecule has 0 bridgehead atoms. The molecule has 90 valence electrons. The molecule has 1 atom stereocenters. The smallest absolute Gasteiger partial charge is 0.305 e. The maximum absolute atomic E-state index is 11.2. The second-order valence-electron chi connectivity index (χ2n) is 3.42. The standard InChI is InChI=1S/C11H17ClN2O2/c1-3-14-8-13-7-10(14)9(12)5-6-11(15)16-4-2/h7-9H,3-6H2,1-2H3. The van der Waals surface area contributed by atoms with Gasteiger partial charge >= 0.3 is 5.97 Å². The van der Waals surface area contributed by atoms with Crippen molar-refractivity contribution in [2.45, 2.75) is 38.6 Å². The first-order valence-electron chi connectivity index (χ1n) is 5.48. The highest BCUT2D eigenvalue weighted by Crippen LogP contribution is 2.25. The number of hydrogen-bond acceptors (Lipinski definition) is 3. The Kier molecular flexibility index (Phi) is 5.32. The van der Waals surface area contributed by atoms with Crippen LogP contribution in [0, 0.1) is 0 Å². The zero-order valence-corrected chi connectivity index (χ0v) is 10.4. The minimum atomic E-state index is -0.198. The molecule has 0 aromatic carbocycles. The lowest BCUT2D eigenvalue weighted by atomic mass is 10.2. The SMILES string of the molecule is CCOC(=O)CCC(Cl)c1cncn1CC. The van der Waals surface area contributed by atoms with Crippen LogP contribution in [0.15, 0.2) is 12.5 Å². The van der Waals surface area contributed by atoms with E-state index in [4.69, 9.17) is 16.3 Å². The summed E-state index contributed by atoms with van der Waals surface area (Å²) in [5, 5.41) is -0.188. The fourth-order valence-electron chi connectivity index (χ4n) is 1.48. The van der Waals surface area contributed by atoms with E-state index >= 15 is 0 Å². The Bertz CT molecular complexity index is 338. The normalized spacial score (nSPS) is 12.4. The quantitative estimate of drug-likeness (QED) is 0.571. The van der Waals surface area contributed by atoms with Gasteiger partial charge in [-0.15, -0.1) is 11.6 Å². The van der Waals surface area contributed by atoms with Crippen molar-refractivity contribution in [3.05, 3.63) is 18.2 Å². The van der Waals surface area contributed by atoms with Gasteiger partial charge in [0.25, 0.3) is 0 Å². The molecule has 0 spiro atoms. The van der Waals surface area contributed by atoms with Gasteiger partial charge in [-0.05, 0) is 20.3 Å². The third-order valence-electron chi connectivity index (χ3n) is 2.31. The number of carbonyl (C=O) groups is 1. The van der Waals surface area contributed by atoms with Gasteiger partial charge in [0, 0.05) is 19.2 Å². The molecule has 0 amide bonds. The van der Waals surface area contributed by atoms with E-state index in [1.165, 1.54) is 0 Å². The Morgan fingerprint density at radius 2 is 2.38 bits per heavy atom. The third-order valence-corrected chi connectivity index (χ3v) is 2.76. The molecule has 0 aliphatic carbocycles. The molecular formula is C11H17ClN2O2. The first-order valence-corrected chi connectivity index (χ1v) is 5.92. The van der Waals surface area contributed by atoms with Gasteiger partial charge in [-0.3, -0.25) is 4.79 Å². The lowest BCUT2D eigenvalue weighted by Crippen LogP contribution is -2.07. The van der Waals surface area contributed by atoms with E-state index in [0.717, 1.165) is 12.2 Å². The predicted octanol–water partition coefficient (Wildman–Crippen LogP) is 2.53. The van der Waals surface area contributed by atoms with E-state index < -0.39 is 0 Å². The van der Waals surface area contributed by atoms with Gasteiger partial charge in [0.1, 0.15) is 0 Å². The summed E-state index contributed by atoms with van der Waals surface area (Å²) in [7, 11) is 0. The fraction of sp³-hybridized carbons (Fsp3) is 0.636. The number of carbonyl (C=O) groups excluding carboxylic acids is 1. The average Bonchev–Trinajstić information content (AvgIpc) is 2.74. The first kappa shape index (κ1) is 13.0. The Morgan fingerprint density at radius 1 is 1.62 bits per heavy atom. The van der Waals surface area contributed by atoms with Gasteiger partial charge in [0.2, 0.25) is 0 Å². The van der Waals surface area contributed by atoms with Gasteiger partial charge in [0.05, 0.1) is 24.0 Å². The number of aryl methyl sites for hydroxylation is 1. The second-order valence-corrected chi connectivity index (χ2v) is 3.94. The monoisotopic (exact) mass is 244 g/mol. The van der Waals surface area contributed by atoms with Gasteiger partial charge in [0.15, 0.2) is 0 Å². The number of nitrogens with zero attached hydrogens (tertiary/aromatic N) is 2. The summed E-state index contributed by atoms with van der Waals surface area (Å²) in [6.45, 7) is 5.07. The zero-order chi connectivity index (χ0) is 12.0. The molecule has 1 unspecified atom stereocenters. The molecule has 16 heavy (non-hydrogen) atoms. The van der Waals surface area contributed by atoms with E-state index in [-0.39, 0.29) is 11.3 Å². The molecule has 0 fully saturated rings. The molecule has 1 rings (SSSR count). The van der Waals surface area contributed by atoms with E-state index in [2.05, 4.69) is 4.98 Å². The molecule has 5 heteroatoms. The highest BCUT2D eigenvalue weighted by Gasteiger charge is 2.14. The minimum absolute atomic E-state index is 0.188. The highest BCUT2D eigenvalue weighted by atomic mass is 35.5. The molecule has 0 saturated heterocycles. The molecule has 4 nitrogen and oxygen atoms in total. The average molecular weight is 245 g/mol. The van der Waals surface area contributed by atoms with Gasteiger partial charge in [-0.2, -0.15) is 0 Å². The lowest BCUT2D eigenvalue weighted by Gasteiger charge is -2.11. The lowest BCUT2D eigenvalue weighted by molar-refractivity contribution is -0.143. The van der Waals surface area contributed by atoms with E-state index in [0.29, 0.717) is 19.4 Å². The highest BCUT2D eigenvalue weighted by molar-refractivity contribution is 6.20. The van der Waals surface area contributed by atoms with Crippen LogP contribution in [0.25, 0.3) is 0 Å². The number of halogens is 1. The number of rotatable bonds is 6. The summed E-state index contributed by atoms with van der Waals surface area (Å²) in [6, 6.07) is 0. The number of esters is 1. The number of imidazole rings is 1. The number of hydrogen-bond donors (Lipinski definition) is 0. The van der Waals surface area contributed by atoms with Crippen LogP contribution >= 0.6 is 11.6 Å². The van der Waals surface area contributed by atoms with Crippen LogP contribution in [0.4, 0.5) is 0 Å². The van der Waals surface area contributed by atoms with Gasteiger partial charge in [-0.1, -0.05) is 0 Å². The molecule has 1 heterocycles. The van der Waals surface area contributed by atoms with Gasteiger partial charge in [-0.25, -0.2) is 4.98 Å². The van der Waals surface area contributed by atoms with Crippen molar-refractivity contribution in [1.82, 2.24) is 9.55 Å². The zero-order valence-electron chi connectivity index (χ0n) is 9.65. The molecule has 0 aliphatic rings. The molecule has 1 aromatic rings. The van der Waals surface area contributed by atoms with Crippen molar-refractivity contribution in [1.29, 1.82) is 0 Å². The van der Waals surface area contributed by atoms with Crippen molar-refractivity contribution in [3.8, 4) is 0 Å². The summed E-state index contributed by atoms with van der Waals surface area (Å²) < 4.78 is 6.82. The Labute approximate surface area is 101 Å². The van der Waals surface area contributed by atoms with Crippen LogP contribution < -0.4 is 0 Å². The third kappa shape index (κ3) is 3.52. The van der Waals surface area contributed by atoms with Crippen molar-refractivity contribution in [2.75, 3.05) is 6.61 Å².